The number of hydrogen-bond donors (Lipinski definition) is 0. The fourth-order valence-electron chi connectivity index (χ4n) is 4.93. The predicted molar refractivity (Wildman–Crippen MR) is 132 cm³/mol. The summed E-state index contributed by atoms with van der Waals surface area (Å²) in [6.07, 6.45) is 0. The molecule has 0 aliphatic carbocycles. The first-order valence-corrected chi connectivity index (χ1v) is 12.1. The van der Waals surface area contributed by atoms with E-state index >= 15 is 0 Å². The van der Waals surface area contributed by atoms with Crippen molar-refractivity contribution in [3.05, 3.63) is 65.0 Å². The smallest absolute Gasteiger partial charge is 0.225 e. The van der Waals surface area contributed by atoms with Crippen molar-refractivity contribution in [2.24, 2.45) is 17.8 Å². The van der Waals surface area contributed by atoms with Crippen LogP contribution in [-0.4, -0.2) is 49.0 Å². The van der Waals surface area contributed by atoms with Crippen LogP contribution in [0.2, 0.25) is 0 Å². The van der Waals surface area contributed by atoms with Crippen LogP contribution in [0.5, 0.6) is 5.75 Å². The average molecular weight is 455 g/mol. The number of rotatable bonds is 9. The van der Waals surface area contributed by atoms with Crippen LogP contribution in [0, 0.1) is 30.5 Å². The minimum atomic E-state index is -0.154. The quantitative estimate of drug-likeness (QED) is 0.502. The highest BCUT2D eigenvalue weighted by Gasteiger charge is 2.36. The predicted octanol–water partition coefficient (Wildman–Crippen LogP) is 5.50. The van der Waals surface area contributed by atoms with E-state index in [-0.39, 0.29) is 29.5 Å². The number of carbonyl (C=O) groups excluding carboxylic acids is 1. The van der Waals surface area contributed by atoms with Gasteiger partial charge in [-0.15, -0.1) is 0 Å². The standard InChI is InChI=1S/C28H39FN2O2/c1-19(2)14-31(28(32)20(3)4)17-24-16-30(15-23-12-21(5)10-11-27(23)29)18-26(24)22-8-7-9-25(13-22)33-6/h7-13,19-20,24,26H,14-18H2,1-6H3/t24-,26+/m0/s1. The largest absolute Gasteiger partial charge is 0.497 e. The highest BCUT2D eigenvalue weighted by Crippen LogP contribution is 2.36. The van der Waals surface area contributed by atoms with Gasteiger partial charge >= 0.3 is 0 Å². The molecule has 1 aliphatic rings. The first-order valence-electron chi connectivity index (χ1n) is 12.1. The number of nitrogens with zero attached hydrogens (tertiary/aromatic N) is 2. The number of halogens is 1. The molecule has 2 atom stereocenters. The highest BCUT2D eigenvalue weighted by atomic mass is 19.1. The van der Waals surface area contributed by atoms with E-state index in [4.69, 9.17) is 4.74 Å². The lowest BCUT2D eigenvalue weighted by molar-refractivity contribution is -0.135. The van der Waals surface area contributed by atoms with Crippen LogP contribution in [0.1, 0.15) is 50.3 Å². The van der Waals surface area contributed by atoms with Gasteiger partial charge in [-0.2, -0.15) is 0 Å². The summed E-state index contributed by atoms with van der Waals surface area (Å²) in [5.41, 5.74) is 3.02. The van der Waals surface area contributed by atoms with Gasteiger partial charge in [0.25, 0.3) is 0 Å². The molecule has 1 fully saturated rings. The number of benzene rings is 2. The molecule has 0 radical (unpaired) electrons. The van der Waals surface area contributed by atoms with Gasteiger partial charge in [0.2, 0.25) is 5.91 Å². The Bertz CT molecular complexity index is 943. The lowest BCUT2D eigenvalue weighted by atomic mass is 9.88. The van der Waals surface area contributed by atoms with E-state index in [0.717, 1.165) is 36.5 Å². The maximum Gasteiger partial charge on any atom is 0.225 e. The van der Waals surface area contributed by atoms with E-state index in [1.807, 2.05) is 49.9 Å². The third-order valence-electron chi connectivity index (χ3n) is 6.48. The van der Waals surface area contributed by atoms with Gasteiger partial charge < -0.3 is 9.64 Å². The number of likely N-dealkylation sites (tertiary alicyclic amines) is 1. The molecular weight excluding hydrogens is 415 g/mol. The maximum absolute atomic E-state index is 14.5. The van der Waals surface area contributed by atoms with Gasteiger partial charge in [-0.25, -0.2) is 4.39 Å². The second kappa shape index (κ2) is 11.1. The van der Waals surface area contributed by atoms with Crippen LogP contribution >= 0.6 is 0 Å². The number of carbonyl (C=O) groups is 1. The zero-order valence-electron chi connectivity index (χ0n) is 21.0. The van der Waals surface area contributed by atoms with Gasteiger partial charge in [-0.05, 0) is 42.5 Å². The van der Waals surface area contributed by atoms with E-state index in [0.29, 0.717) is 19.0 Å². The lowest BCUT2D eigenvalue weighted by Gasteiger charge is -2.31. The van der Waals surface area contributed by atoms with Gasteiger partial charge in [0.1, 0.15) is 11.6 Å². The molecule has 1 aliphatic heterocycles. The van der Waals surface area contributed by atoms with Gasteiger partial charge in [-0.3, -0.25) is 9.69 Å². The molecule has 0 bridgehead atoms. The van der Waals surface area contributed by atoms with E-state index in [9.17, 15) is 9.18 Å². The zero-order chi connectivity index (χ0) is 24.1. The Morgan fingerprint density at radius 2 is 1.91 bits per heavy atom. The molecule has 1 saturated heterocycles. The zero-order valence-corrected chi connectivity index (χ0v) is 21.0. The second-order valence-corrected chi connectivity index (χ2v) is 10.2. The SMILES string of the molecule is COc1cccc([C@H]2CN(Cc3cc(C)ccc3F)C[C@H]2CN(CC(C)C)C(=O)C(C)C)c1. The van der Waals surface area contributed by atoms with Crippen molar-refractivity contribution in [3.8, 4) is 5.75 Å². The van der Waals surface area contributed by atoms with Crippen LogP contribution in [-0.2, 0) is 11.3 Å². The van der Waals surface area contributed by atoms with E-state index < -0.39 is 0 Å². The molecule has 0 N–H and O–H groups in total. The number of aryl methyl sites for hydroxylation is 1. The molecular formula is C28H39FN2O2. The summed E-state index contributed by atoms with van der Waals surface area (Å²) in [5, 5.41) is 0. The number of hydrogen-bond acceptors (Lipinski definition) is 3. The molecule has 180 valence electrons. The van der Waals surface area contributed by atoms with Crippen LogP contribution in [0.15, 0.2) is 42.5 Å². The summed E-state index contributed by atoms with van der Waals surface area (Å²) in [6, 6.07) is 13.5. The monoisotopic (exact) mass is 454 g/mol. The van der Waals surface area contributed by atoms with Crippen LogP contribution < -0.4 is 4.74 Å². The normalized spacial score (nSPS) is 18.8. The molecule has 3 rings (SSSR count). The van der Waals surface area contributed by atoms with Crippen molar-refractivity contribution >= 4 is 5.91 Å². The molecule has 33 heavy (non-hydrogen) atoms. The molecule has 0 saturated carbocycles. The maximum atomic E-state index is 14.5. The summed E-state index contributed by atoms with van der Waals surface area (Å²) >= 11 is 0. The number of methoxy groups -OCH3 is 1. The summed E-state index contributed by atoms with van der Waals surface area (Å²) < 4.78 is 20.0. The Labute approximate surface area is 198 Å². The minimum Gasteiger partial charge on any atom is -0.497 e. The van der Waals surface area contributed by atoms with Gasteiger partial charge in [-0.1, -0.05) is 57.5 Å². The van der Waals surface area contributed by atoms with Gasteiger partial charge in [0, 0.05) is 50.1 Å². The Morgan fingerprint density at radius 3 is 2.58 bits per heavy atom. The molecule has 1 heterocycles. The molecule has 0 spiro atoms. The third kappa shape index (κ3) is 6.57. The summed E-state index contributed by atoms with van der Waals surface area (Å²) in [4.78, 5) is 17.4. The number of amides is 1. The van der Waals surface area contributed by atoms with Crippen molar-refractivity contribution in [2.45, 2.75) is 47.1 Å². The van der Waals surface area contributed by atoms with E-state index in [1.54, 1.807) is 13.2 Å². The lowest BCUT2D eigenvalue weighted by Crippen LogP contribution is -2.41. The Hall–Kier alpha value is -2.40. The average Bonchev–Trinajstić information content (AvgIpc) is 3.17. The summed E-state index contributed by atoms with van der Waals surface area (Å²) in [7, 11) is 1.68. The Kier molecular flexibility index (Phi) is 8.52. The summed E-state index contributed by atoms with van der Waals surface area (Å²) in [5.74, 6) is 1.79. The fraction of sp³-hybridized carbons (Fsp3) is 0.536. The van der Waals surface area contributed by atoms with E-state index in [2.05, 4.69) is 30.9 Å². The molecule has 1 amide bonds. The molecule has 2 aromatic carbocycles. The Balaban J connectivity index is 1.87. The fourth-order valence-corrected chi connectivity index (χ4v) is 4.93. The van der Waals surface area contributed by atoms with Crippen molar-refractivity contribution < 1.29 is 13.9 Å². The summed E-state index contributed by atoms with van der Waals surface area (Å²) in [6.45, 7) is 13.9. The van der Waals surface area contributed by atoms with Crippen molar-refractivity contribution in [1.82, 2.24) is 9.80 Å². The topological polar surface area (TPSA) is 32.8 Å². The molecule has 0 unspecified atom stereocenters. The van der Waals surface area contributed by atoms with Crippen molar-refractivity contribution in [1.29, 1.82) is 0 Å². The van der Waals surface area contributed by atoms with Crippen LogP contribution in [0.25, 0.3) is 0 Å². The number of ether oxygens (including phenoxy) is 1. The highest BCUT2D eigenvalue weighted by molar-refractivity contribution is 5.78. The minimum absolute atomic E-state index is 0.0297. The molecule has 4 nitrogen and oxygen atoms in total. The molecule has 0 aromatic heterocycles. The van der Waals surface area contributed by atoms with Crippen molar-refractivity contribution in [3.63, 3.8) is 0 Å². The van der Waals surface area contributed by atoms with Crippen molar-refractivity contribution in [2.75, 3.05) is 33.3 Å². The van der Waals surface area contributed by atoms with Gasteiger partial charge in [0.15, 0.2) is 0 Å². The Morgan fingerprint density at radius 1 is 1.15 bits per heavy atom. The third-order valence-corrected chi connectivity index (χ3v) is 6.48. The van der Waals surface area contributed by atoms with Crippen LogP contribution in [0.3, 0.4) is 0 Å². The second-order valence-electron chi connectivity index (χ2n) is 10.2. The molecule has 5 heteroatoms. The van der Waals surface area contributed by atoms with E-state index in [1.165, 1.54) is 5.56 Å². The first kappa shape index (κ1) is 25.2. The van der Waals surface area contributed by atoms with Gasteiger partial charge in [0.05, 0.1) is 7.11 Å². The molecule has 2 aromatic rings. The van der Waals surface area contributed by atoms with Crippen LogP contribution in [0.4, 0.5) is 4.39 Å². The first-order chi connectivity index (χ1) is 15.7.